The zero-order valence-corrected chi connectivity index (χ0v) is 11.8. The van der Waals surface area contributed by atoms with Gasteiger partial charge in [0.05, 0.1) is 6.61 Å². The van der Waals surface area contributed by atoms with Gasteiger partial charge in [0.1, 0.15) is 0 Å². The van der Waals surface area contributed by atoms with Gasteiger partial charge in [0.2, 0.25) is 0 Å². The molecule has 98 valence electrons. The van der Waals surface area contributed by atoms with E-state index in [1.807, 2.05) is 13.0 Å². The first-order valence-corrected chi connectivity index (χ1v) is 6.18. The van der Waals surface area contributed by atoms with Gasteiger partial charge in [-0.3, -0.25) is 9.59 Å². The van der Waals surface area contributed by atoms with Crippen LogP contribution in [0.1, 0.15) is 5.56 Å². The molecule has 0 saturated heterocycles. The third-order valence-electron chi connectivity index (χ3n) is 2.23. The summed E-state index contributed by atoms with van der Waals surface area (Å²) < 4.78 is 5.69. The van der Waals surface area contributed by atoms with Crippen LogP contribution in [0.2, 0.25) is 0 Å². The number of aryl methyl sites for hydroxylation is 1. The smallest absolute Gasteiger partial charge is 0.313 e. The van der Waals surface area contributed by atoms with Crippen LogP contribution in [-0.2, 0) is 14.3 Å². The van der Waals surface area contributed by atoms with E-state index >= 15 is 0 Å². The Balaban J connectivity index is 2.56. The number of benzene rings is 1. The van der Waals surface area contributed by atoms with Gasteiger partial charge in [-0.2, -0.15) is 0 Å². The first kappa shape index (κ1) is 14.7. The molecule has 0 aromatic heterocycles. The molecular formula is C12H15BrN2O3. The fourth-order valence-corrected chi connectivity index (χ4v) is 1.77. The van der Waals surface area contributed by atoms with Crippen LogP contribution in [0.5, 0.6) is 0 Å². The number of ether oxygens (including phenoxy) is 1. The van der Waals surface area contributed by atoms with Crippen LogP contribution < -0.4 is 10.6 Å². The Labute approximate surface area is 114 Å². The fraction of sp³-hybridized carbons (Fsp3) is 0.333. The maximum absolute atomic E-state index is 11.6. The van der Waals surface area contributed by atoms with E-state index in [-0.39, 0.29) is 0 Å². The van der Waals surface area contributed by atoms with Gasteiger partial charge in [0.15, 0.2) is 0 Å². The number of amides is 2. The van der Waals surface area contributed by atoms with Crippen molar-refractivity contribution in [2.45, 2.75) is 6.92 Å². The summed E-state index contributed by atoms with van der Waals surface area (Å²) in [5.74, 6) is -1.36. The van der Waals surface area contributed by atoms with Gasteiger partial charge in [-0.1, -0.05) is 15.9 Å². The normalized spacial score (nSPS) is 9.94. The number of carbonyl (C=O) groups excluding carboxylic acids is 2. The number of methoxy groups -OCH3 is 1. The minimum absolute atomic E-state index is 0.308. The largest absolute Gasteiger partial charge is 0.383 e. The second kappa shape index (κ2) is 7.13. The summed E-state index contributed by atoms with van der Waals surface area (Å²) in [6, 6.07) is 5.39. The van der Waals surface area contributed by atoms with E-state index in [4.69, 9.17) is 4.74 Å². The average Bonchev–Trinajstić information content (AvgIpc) is 2.32. The highest BCUT2D eigenvalue weighted by molar-refractivity contribution is 9.10. The lowest BCUT2D eigenvalue weighted by molar-refractivity contribution is -0.136. The maximum atomic E-state index is 11.6. The molecule has 0 radical (unpaired) electrons. The zero-order valence-electron chi connectivity index (χ0n) is 10.2. The Morgan fingerprint density at radius 3 is 2.67 bits per heavy atom. The van der Waals surface area contributed by atoms with Crippen molar-refractivity contribution in [3.8, 4) is 0 Å². The van der Waals surface area contributed by atoms with Gasteiger partial charge in [0, 0.05) is 23.8 Å². The SMILES string of the molecule is COCCNC(=O)C(=O)Nc1ccc(Br)cc1C. The van der Waals surface area contributed by atoms with Crippen molar-refractivity contribution in [3.05, 3.63) is 28.2 Å². The molecule has 18 heavy (non-hydrogen) atoms. The van der Waals surface area contributed by atoms with E-state index in [1.54, 1.807) is 12.1 Å². The van der Waals surface area contributed by atoms with Gasteiger partial charge >= 0.3 is 11.8 Å². The molecule has 5 nitrogen and oxygen atoms in total. The molecule has 6 heteroatoms. The molecule has 1 aromatic carbocycles. The van der Waals surface area contributed by atoms with Crippen LogP contribution in [0.4, 0.5) is 5.69 Å². The monoisotopic (exact) mass is 314 g/mol. The fourth-order valence-electron chi connectivity index (χ4n) is 1.29. The predicted molar refractivity (Wildman–Crippen MR) is 72.4 cm³/mol. The minimum Gasteiger partial charge on any atom is -0.383 e. The summed E-state index contributed by atoms with van der Waals surface area (Å²) in [6.45, 7) is 2.53. The van der Waals surface area contributed by atoms with Gasteiger partial charge in [-0.05, 0) is 30.7 Å². The molecule has 0 saturated carbocycles. The van der Waals surface area contributed by atoms with Crippen LogP contribution in [0, 0.1) is 6.92 Å². The number of anilines is 1. The van der Waals surface area contributed by atoms with Crippen molar-refractivity contribution in [1.29, 1.82) is 0 Å². The highest BCUT2D eigenvalue weighted by atomic mass is 79.9. The van der Waals surface area contributed by atoms with Crippen molar-refractivity contribution in [3.63, 3.8) is 0 Å². The molecule has 2 amide bonds. The summed E-state index contributed by atoms with van der Waals surface area (Å²) in [5.41, 5.74) is 1.49. The van der Waals surface area contributed by atoms with Crippen molar-refractivity contribution < 1.29 is 14.3 Å². The highest BCUT2D eigenvalue weighted by Gasteiger charge is 2.13. The quantitative estimate of drug-likeness (QED) is 0.653. The number of carbonyl (C=O) groups is 2. The van der Waals surface area contributed by atoms with Crippen LogP contribution in [0.3, 0.4) is 0 Å². The second-order valence-corrected chi connectivity index (χ2v) is 4.58. The lowest BCUT2D eigenvalue weighted by Crippen LogP contribution is -2.37. The third-order valence-corrected chi connectivity index (χ3v) is 2.73. The van der Waals surface area contributed by atoms with Gasteiger partial charge in [-0.25, -0.2) is 0 Å². The Kier molecular flexibility index (Phi) is 5.80. The Hall–Kier alpha value is -1.40. The van der Waals surface area contributed by atoms with E-state index in [2.05, 4.69) is 26.6 Å². The molecule has 0 fully saturated rings. The summed E-state index contributed by atoms with van der Waals surface area (Å²) in [6.07, 6.45) is 0. The molecule has 0 bridgehead atoms. The number of halogens is 1. The molecule has 0 unspecified atom stereocenters. The molecule has 0 aliphatic heterocycles. The first-order chi connectivity index (χ1) is 8.54. The van der Waals surface area contributed by atoms with Crippen molar-refractivity contribution in [1.82, 2.24) is 5.32 Å². The van der Waals surface area contributed by atoms with E-state index < -0.39 is 11.8 Å². The van der Waals surface area contributed by atoms with Gasteiger partial charge in [-0.15, -0.1) is 0 Å². The first-order valence-electron chi connectivity index (χ1n) is 5.39. The van der Waals surface area contributed by atoms with Crippen LogP contribution in [-0.4, -0.2) is 32.1 Å². The van der Waals surface area contributed by atoms with E-state index in [1.165, 1.54) is 7.11 Å². The molecule has 0 heterocycles. The topological polar surface area (TPSA) is 67.4 Å². The predicted octanol–water partition coefficient (Wildman–Crippen LogP) is 1.46. The summed E-state index contributed by atoms with van der Waals surface area (Å²) in [4.78, 5) is 23.0. The number of nitrogens with one attached hydrogen (secondary N) is 2. The van der Waals surface area contributed by atoms with Crippen molar-refractivity contribution >= 4 is 33.4 Å². The van der Waals surface area contributed by atoms with Crippen molar-refractivity contribution in [2.75, 3.05) is 25.6 Å². The number of rotatable bonds is 4. The molecule has 1 aromatic rings. The van der Waals surface area contributed by atoms with E-state index in [9.17, 15) is 9.59 Å². The van der Waals surface area contributed by atoms with E-state index in [0.717, 1.165) is 10.0 Å². The minimum atomic E-state index is -0.684. The van der Waals surface area contributed by atoms with Crippen LogP contribution in [0.25, 0.3) is 0 Å². The summed E-state index contributed by atoms with van der Waals surface area (Å²) >= 11 is 3.33. The molecule has 2 N–H and O–H groups in total. The van der Waals surface area contributed by atoms with Crippen LogP contribution >= 0.6 is 15.9 Å². The lowest BCUT2D eigenvalue weighted by atomic mass is 10.2. The molecular weight excluding hydrogens is 300 g/mol. The summed E-state index contributed by atoms with van der Waals surface area (Å²) in [7, 11) is 1.53. The Morgan fingerprint density at radius 2 is 2.06 bits per heavy atom. The molecule has 0 aliphatic rings. The molecule has 0 spiro atoms. The van der Waals surface area contributed by atoms with E-state index in [0.29, 0.717) is 18.8 Å². The number of hydrogen-bond donors (Lipinski definition) is 2. The van der Waals surface area contributed by atoms with Gasteiger partial charge in [0.25, 0.3) is 0 Å². The second-order valence-electron chi connectivity index (χ2n) is 3.66. The zero-order chi connectivity index (χ0) is 13.5. The molecule has 0 atom stereocenters. The maximum Gasteiger partial charge on any atom is 0.313 e. The van der Waals surface area contributed by atoms with Crippen molar-refractivity contribution in [2.24, 2.45) is 0 Å². The third kappa shape index (κ3) is 4.46. The number of hydrogen-bond acceptors (Lipinski definition) is 3. The molecule has 1 rings (SSSR count). The standard InChI is InChI=1S/C12H15BrN2O3/c1-8-7-9(13)3-4-10(8)15-12(17)11(16)14-5-6-18-2/h3-4,7H,5-6H2,1-2H3,(H,14,16)(H,15,17). The van der Waals surface area contributed by atoms with Crippen LogP contribution in [0.15, 0.2) is 22.7 Å². The molecule has 0 aliphatic carbocycles. The highest BCUT2D eigenvalue weighted by Crippen LogP contribution is 2.19. The lowest BCUT2D eigenvalue weighted by Gasteiger charge is -2.08. The Morgan fingerprint density at radius 1 is 1.33 bits per heavy atom. The van der Waals surface area contributed by atoms with Gasteiger partial charge < -0.3 is 15.4 Å². The Bertz CT molecular complexity index is 449. The average molecular weight is 315 g/mol. The summed E-state index contributed by atoms with van der Waals surface area (Å²) in [5, 5.41) is 5.00.